The van der Waals surface area contributed by atoms with Crippen molar-refractivity contribution < 1.29 is 14.3 Å². The zero-order valence-corrected chi connectivity index (χ0v) is 10.7. The van der Waals surface area contributed by atoms with Gasteiger partial charge in [0.2, 0.25) is 5.91 Å². The summed E-state index contributed by atoms with van der Waals surface area (Å²) in [5.41, 5.74) is 7.63. The molecule has 0 saturated carbocycles. The third-order valence-electron chi connectivity index (χ3n) is 2.58. The van der Waals surface area contributed by atoms with Gasteiger partial charge in [0.25, 0.3) is 0 Å². The first-order chi connectivity index (χ1) is 8.54. The minimum absolute atomic E-state index is 0.0642. The highest BCUT2D eigenvalue weighted by Gasteiger charge is 2.08. The number of nitrogens with two attached hydrogens (primary N) is 1. The van der Waals surface area contributed by atoms with Crippen LogP contribution < -0.4 is 11.1 Å². The molecule has 0 bridgehead atoms. The Balaban J connectivity index is 2.41. The number of amides is 1. The lowest BCUT2D eigenvalue weighted by atomic mass is 10.1. The summed E-state index contributed by atoms with van der Waals surface area (Å²) in [6, 6.07) is 5.04. The summed E-state index contributed by atoms with van der Waals surface area (Å²) < 4.78 is 5.04. The van der Waals surface area contributed by atoms with Crippen LogP contribution in [0, 0.1) is 6.92 Å². The van der Waals surface area contributed by atoms with Crippen molar-refractivity contribution >= 4 is 17.6 Å². The van der Waals surface area contributed by atoms with Gasteiger partial charge >= 0.3 is 5.97 Å². The number of nitrogen functional groups attached to an aromatic ring is 1. The number of anilines is 1. The fourth-order valence-electron chi connectivity index (χ4n) is 1.37. The van der Waals surface area contributed by atoms with Crippen LogP contribution in [0.4, 0.5) is 5.69 Å². The Morgan fingerprint density at radius 1 is 1.39 bits per heavy atom. The van der Waals surface area contributed by atoms with Gasteiger partial charge in [-0.15, -0.1) is 0 Å². The van der Waals surface area contributed by atoms with Crippen molar-refractivity contribution in [3.63, 3.8) is 0 Å². The van der Waals surface area contributed by atoms with Crippen LogP contribution in [0.25, 0.3) is 0 Å². The molecule has 0 saturated heterocycles. The molecule has 0 fully saturated rings. The molecule has 1 rings (SSSR count). The molecule has 0 spiro atoms. The quantitative estimate of drug-likeness (QED) is 0.468. The van der Waals surface area contributed by atoms with E-state index in [1.165, 1.54) is 0 Å². The van der Waals surface area contributed by atoms with E-state index in [4.69, 9.17) is 10.5 Å². The zero-order valence-electron chi connectivity index (χ0n) is 10.7. The molecule has 0 aromatic heterocycles. The van der Waals surface area contributed by atoms with E-state index < -0.39 is 5.97 Å². The molecule has 0 aliphatic carbocycles. The SMILES string of the molecule is CNC(=O)CCCOC(=O)c1ccc(C)c(N)c1. The minimum atomic E-state index is -0.418. The normalized spacial score (nSPS) is 9.89. The van der Waals surface area contributed by atoms with Gasteiger partial charge in [0.05, 0.1) is 12.2 Å². The molecule has 0 heterocycles. The predicted octanol–water partition coefficient (Wildman–Crippen LogP) is 1.26. The number of aryl methyl sites for hydroxylation is 1. The zero-order chi connectivity index (χ0) is 13.5. The molecule has 0 aliphatic rings. The van der Waals surface area contributed by atoms with Crippen molar-refractivity contribution in [2.75, 3.05) is 19.4 Å². The molecule has 1 amide bonds. The Bertz CT molecular complexity index is 444. The fourth-order valence-corrected chi connectivity index (χ4v) is 1.37. The monoisotopic (exact) mass is 250 g/mol. The lowest BCUT2D eigenvalue weighted by Crippen LogP contribution is -2.18. The molecular weight excluding hydrogens is 232 g/mol. The van der Waals surface area contributed by atoms with E-state index in [1.54, 1.807) is 25.2 Å². The average Bonchev–Trinajstić information content (AvgIpc) is 2.37. The van der Waals surface area contributed by atoms with Gasteiger partial charge in [-0.25, -0.2) is 4.79 Å². The van der Waals surface area contributed by atoms with E-state index in [0.29, 0.717) is 24.1 Å². The van der Waals surface area contributed by atoms with E-state index in [2.05, 4.69) is 5.32 Å². The first-order valence-electron chi connectivity index (χ1n) is 5.78. The number of esters is 1. The second kappa shape index (κ2) is 6.64. The molecule has 0 atom stereocenters. The molecule has 0 aliphatic heterocycles. The van der Waals surface area contributed by atoms with Gasteiger partial charge in [0.1, 0.15) is 0 Å². The third-order valence-corrected chi connectivity index (χ3v) is 2.58. The molecule has 3 N–H and O–H groups in total. The molecule has 0 radical (unpaired) electrons. The molecule has 1 aromatic carbocycles. The number of carbonyl (C=O) groups excluding carboxylic acids is 2. The highest BCUT2D eigenvalue weighted by atomic mass is 16.5. The highest BCUT2D eigenvalue weighted by Crippen LogP contribution is 2.13. The smallest absolute Gasteiger partial charge is 0.338 e. The van der Waals surface area contributed by atoms with Crippen molar-refractivity contribution in [3.05, 3.63) is 29.3 Å². The lowest BCUT2D eigenvalue weighted by Gasteiger charge is -2.06. The number of rotatable bonds is 5. The number of benzene rings is 1. The van der Waals surface area contributed by atoms with Crippen LogP contribution in [0.2, 0.25) is 0 Å². The first kappa shape index (κ1) is 14.0. The summed E-state index contributed by atoms with van der Waals surface area (Å²) >= 11 is 0. The molecule has 5 heteroatoms. The molecule has 18 heavy (non-hydrogen) atoms. The number of hydrogen-bond acceptors (Lipinski definition) is 4. The van der Waals surface area contributed by atoms with Crippen LogP contribution in [0.3, 0.4) is 0 Å². The van der Waals surface area contributed by atoms with Crippen LogP contribution in [-0.4, -0.2) is 25.5 Å². The second-order valence-electron chi connectivity index (χ2n) is 3.98. The third kappa shape index (κ3) is 4.08. The maximum Gasteiger partial charge on any atom is 0.338 e. The topological polar surface area (TPSA) is 81.4 Å². The molecule has 5 nitrogen and oxygen atoms in total. The molecular formula is C13H18N2O3. The van der Waals surface area contributed by atoms with Crippen LogP contribution in [0.15, 0.2) is 18.2 Å². The molecule has 98 valence electrons. The van der Waals surface area contributed by atoms with Crippen molar-refractivity contribution in [2.24, 2.45) is 0 Å². The minimum Gasteiger partial charge on any atom is -0.462 e. The van der Waals surface area contributed by atoms with E-state index in [9.17, 15) is 9.59 Å². The number of ether oxygens (including phenoxy) is 1. The van der Waals surface area contributed by atoms with Gasteiger partial charge in [-0.1, -0.05) is 6.07 Å². The average molecular weight is 250 g/mol. The first-order valence-corrected chi connectivity index (χ1v) is 5.78. The summed E-state index contributed by atoms with van der Waals surface area (Å²) in [6.45, 7) is 2.09. The Morgan fingerprint density at radius 2 is 2.11 bits per heavy atom. The summed E-state index contributed by atoms with van der Waals surface area (Å²) in [4.78, 5) is 22.6. The molecule has 1 aromatic rings. The number of carbonyl (C=O) groups is 2. The van der Waals surface area contributed by atoms with Gasteiger partial charge in [-0.3, -0.25) is 4.79 Å². The van der Waals surface area contributed by atoms with Gasteiger partial charge in [-0.2, -0.15) is 0 Å². The Labute approximate surface area is 106 Å². The maximum absolute atomic E-state index is 11.6. The summed E-state index contributed by atoms with van der Waals surface area (Å²) in [5.74, 6) is -0.482. The Kier molecular flexibility index (Phi) is 5.17. The number of hydrogen-bond donors (Lipinski definition) is 2. The van der Waals surface area contributed by atoms with E-state index >= 15 is 0 Å². The van der Waals surface area contributed by atoms with Crippen LogP contribution in [-0.2, 0) is 9.53 Å². The van der Waals surface area contributed by atoms with E-state index in [0.717, 1.165) is 5.56 Å². The van der Waals surface area contributed by atoms with Crippen molar-refractivity contribution in [3.8, 4) is 0 Å². The second-order valence-corrected chi connectivity index (χ2v) is 3.98. The van der Waals surface area contributed by atoms with Gasteiger partial charge < -0.3 is 15.8 Å². The largest absolute Gasteiger partial charge is 0.462 e. The van der Waals surface area contributed by atoms with Gasteiger partial charge in [-0.05, 0) is 31.0 Å². The fraction of sp³-hybridized carbons (Fsp3) is 0.385. The maximum atomic E-state index is 11.6. The Morgan fingerprint density at radius 3 is 2.72 bits per heavy atom. The van der Waals surface area contributed by atoms with Crippen LogP contribution >= 0.6 is 0 Å². The van der Waals surface area contributed by atoms with Crippen molar-refractivity contribution in [1.29, 1.82) is 0 Å². The van der Waals surface area contributed by atoms with E-state index in [1.807, 2.05) is 6.92 Å². The van der Waals surface area contributed by atoms with Gasteiger partial charge in [0.15, 0.2) is 0 Å². The van der Waals surface area contributed by atoms with Crippen molar-refractivity contribution in [1.82, 2.24) is 5.32 Å². The summed E-state index contributed by atoms with van der Waals surface area (Å²) in [6.07, 6.45) is 0.854. The van der Waals surface area contributed by atoms with Crippen LogP contribution in [0.1, 0.15) is 28.8 Å². The standard InChI is InChI=1S/C13H18N2O3/c1-9-5-6-10(8-11(9)14)13(17)18-7-3-4-12(16)15-2/h5-6,8H,3-4,7,14H2,1-2H3,(H,15,16). The van der Waals surface area contributed by atoms with Crippen LogP contribution in [0.5, 0.6) is 0 Å². The summed E-state index contributed by atoms with van der Waals surface area (Å²) in [5, 5.41) is 2.50. The Hall–Kier alpha value is -2.04. The predicted molar refractivity (Wildman–Crippen MR) is 69.2 cm³/mol. The lowest BCUT2D eigenvalue weighted by molar-refractivity contribution is -0.120. The number of nitrogens with one attached hydrogen (secondary N) is 1. The highest BCUT2D eigenvalue weighted by molar-refractivity contribution is 5.90. The van der Waals surface area contributed by atoms with Crippen molar-refractivity contribution in [2.45, 2.75) is 19.8 Å². The summed E-state index contributed by atoms with van der Waals surface area (Å²) in [7, 11) is 1.57. The van der Waals surface area contributed by atoms with Gasteiger partial charge in [0, 0.05) is 19.2 Å². The van der Waals surface area contributed by atoms with E-state index in [-0.39, 0.29) is 12.5 Å². The molecule has 0 unspecified atom stereocenters.